The number of rotatable bonds is 1. The Morgan fingerprint density at radius 2 is 1.57 bits per heavy atom. The molecule has 0 saturated heterocycles. The number of phenols is 1. The molecule has 0 heterocycles. The van der Waals surface area contributed by atoms with Crippen LogP contribution in [0.1, 0.15) is 19.4 Å². The highest BCUT2D eigenvalue weighted by atomic mass is 16.4. The van der Waals surface area contributed by atoms with Gasteiger partial charge in [-0.3, -0.25) is 4.79 Å². The number of aryl methyl sites for hydroxylation is 1. The lowest BCUT2D eigenvalue weighted by atomic mass is 10.2. The number of aromatic hydroxyl groups is 1. The molecule has 0 unspecified atom stereocenters. The molecule has 0 fully saturated rings. The van der Waals surface area contributed by atoms with Crippen molar-refractivity contribution in [2.75, 3.05) is 0 Å². The van der Waals surface area contributed by atoms with E-state index in [9.17, 15) is 4.79 Å². The van der Waals surface area contributed by atoms with E-state index in [1.165, 1.54) is 5.56 Å². The molecular weight excluding hydrogens is 180 g/mol. The molecule has 0 radical (unpaired) electrons. The molecule has 0 aromatic heterocycles. The minimum Gasteiger partial charge on any atom is -0.508 e. The Bertz CT molecular complexity index is 254. The molecule has 0 amide bonds. The van der Waals surface area contributed by atoms with Crippen LogP contribution in [0.15, 0.2) is 24.3 Å². The van der Waals surface area contributed by atoms with E-state index >= 15 is 0 Å². The Hall–Kier alpha value is -1.51. The van der Waals surface area contributed by atoms with Crippen molar-refractivity contribution in [1.29, 1.82) is 0 Å². The third-order valence-electron chi connectivity index (χ3n) is 1.53. The summed E-state index contributed by atoms with van der Waals surface area (Å²) in [7, 11) is 0. The fourth-order valence-corrected chi connectivity index (χ4v) is 0.545. The highest BCUT2D eigenvalue weighted by molar-refractivity contribution is 5.68. The summed E-state index contributed by atoms with van der Waals surface area (Å²) in [5.74, 6) is -0.643. The van der Waals surface area contributed by atoms with E-state index in [0.717, 1.165) is 0 Å². The Kier molecular flexibility index (Phi) is 5.37. The highest BCUT2D eigenvalue weighted by Crippen LogP contribution is 2.07. The van der Waals surface area contributed by atoms with Crippen LogP contribution in [0.4, 0.5) is 0 Å². The van der Waals surface area contributed by atoms with Crippen LogP contribution in [0, 0.1) is 12.8 Å². The Labute approximate surface area is 84.0 Å². The molecule has 14 heavy (non-hydrogen) atoms. The number of hydrogen-bond acceptors (Lipinski definition) is 2. The van der Waals surface area contributed by atoms with Crippen LogP contribution in [0.3, 0.4) is 0 Å². The van der Waals surface area contributed by atoms with E-state index in [1.54, 1.807) is 26.0 Å². The number of aliphatic carboxylic acids is 1. The average Bonchev–Trinajstić information content (AvgIpc) is 2.11. The summed E-state index contributed by atoms with van der Waals surface area (Å²) >= 11 is 0. The van der Waals surface area contributed by atoms with Gasteiger partial charge in [0.1, 0.15) is 5.75 Å². The fourth-order valence-electron chi connectivity index (χ4n) is 0.545. The first-order chi connectivity index (χ1) is 6.43. The fraction of sp³-hybridized carbons (Fsp3) is 0.364. The number of carbonyl (C=O) groups is 1. The van der Waals surface area contributed by atoms with Gasteiger partial charge < -0.3 is 10.2 Å². The minimum absolute atomic E-state index is 0.231. The molecule has 78 valence electrons. The molecule has 0 saturated carbocycles. The van der Waals surface area contributed by atoms with Gasteiger partial charge in [0.25, 0.3) is 0 Å². The SMILES string of the molecule is CC(C)C(=O)O.Cc1ccc(O)cc1. The summed E-state index contributed by atoms with van der Waals surface area (Å²) in [5.41, 5.74) is 1.17. The van der Waals surface area contributed by atoms with Crippen molar-refractivity contribution in [3.8, 4) is 5.75 Å². The van der Waals surface area contributed by atoms with Gasteiger partial charge in [-0.25, -0.2) is 0 Å². The predicted octanol–water partition coefficient (Wildman–Crippen LogP) is 2.43. The molecule has 0 bridgehead atoms. The summed E-state index contributed by atoms with van der Waals surface area (Å²) in [4.78, 5) is 9.70. The molecular formula is C11H16O3. The topological polar surface area (TPSA) is 57.5 Å². The molecule has 0 spiro atoms. The summed E-state index contributed by atoms with van der Waals surface area (Å²) in [6, 6.07) is 7.09. The number of hydrogen-bond donors (Lipinski definition) is 2. The molecule has 1 aromatic carbocycles. The smallest absolute Gasteiger partial charge is 0.305 e. The second-order valence-corrected chi connectivity index (χ2v) is 3.33. The quantitative estimate of drug-likeness (QED) is 0.725. The molecule has 1 aromatic rings. The molecule has 3 heteroatoms. The van der Waals surface area contributed by atoms with Gasteiger partial charge in [0, 0.05) is 0 Å². The molecule has 0 aliphatic carbocycles. The second-order valence-electron chi connectivity index (χ2n) is 3.33. The van der Waals surface area contributed by atoms with Gasteiger partial charge in [-0.15, -0.1) is 0 Å². The predicted molar refractivity (Wildman–Crippen MR) is 55.3 cm³/mol. The van der Waals surface area contributed by atoms with Gasteiger partial charge in [-0.2, -0.15) is 0 Å². The van der Waals surface area contributed by atoms with Crippen LogP contribution >= 0.6 is 0 Å². The van der Waals surface area contributed by atoms with Gasteiger partial charge in [0.2, 0.25) is 0 Å². The van der Waals surface area contributed by atoms with Crippen LogP contribution in [0.5, 0.6) is 5.75 Å². The summed E-state index contributed by atoms with van der Waals surface area (Å²) in [6.45, 7) is 5.27. The Morgan fingerprint density at radius 1 is 1.21 bits per heavy atom. The molecule has 0 aliphatic heterocycles. The third kappa shape index (κ3) is 6.06. The Morgan fingerprint density at radius 3 is 1.79 bits per heavy atom. The standard InChI is InChI=1S/C7H8O.C4H8O2/c1-6-2-4-7(8)5-3-6;1-3(2)4(5)6/h2-5,8H,1H3;3H,1-2H3,(H,5,6). The first kappa shape index (κ1) is 12.5. The zero-order valence-electron chi connectivity index (χ0n) is 8.69. The van der Waals surface area contributed by atoms with E-state index < -0.39 is 5.97 Å². The van der Waals surface area contributed by atoms with Crippen molar-refractivity contribution in [2.45, 2.75) is 20.8 Å². The first-order valence-corrected chi connectivity index (χ1v) is 4.42. The lowest BCUT2D eigenvalue weighted by Gasteiger charge is -1.89. The molecule has 1 rings (SSSR count). The molecule has 3 nitrogen and oxygen atoms in total. The molecule has 2 N–H and O–H groups in total. The maximum absolute atomic E-state index is 9.70. The average molecular weight is 196 g/mol. The van der Waals surface area contributed by atoms with Crippen molar-refractivity contribution in [3.05, 3.63) is 29.8 Å². The van der Waals surface area contributed by atoms with Crippen molar-refractivity contribution in [2.24, 2.45) is 5.92 Å². The normalized spacial score (nSPS) is 9.14. The van der Waals surface area contributed by atoms with E-state index in [2.05, 4.69) is 0 Å². The second kappa shape index (κ2) is 6.02. The highest BCUT2D eigenvalue weighted by Gasteiger charge is 1.99. The monoisotopic (exact) mass is 196 g/mol. The Balaban J connectivity index is 0.000000255. The van der Waals surface area contributed by atoms with Crippen LogP contribution in [-0.4, -0.2) is 16.2 Å². The van der Waals surface area contributed by atoms with Crippen LogP contribution < -0.4 is 0 Å². The first-order valence-electron chi connectivity index (χ1n) is 4.42. The number of carboxylic acids is 1. The number of benzene rings is 1. The summed E-state index contributed by atoms with van der Waals surface area (Å²) in [5, 5.41) is 16.7. The van der Waals surface area contributed by atoms with E-state index in [1.807, 2.05) is 19.1 Å². The van der Waals surface area contributed by atoms with Gasteiger partial charge in [0.05, 0.1) is 5.92 Å². The van der Waals surface area contributed by atoms with E-state index in [0.29, 0.717) is 5.75 Å². The lowest BCUT2D eigenvalue weighted by Crippen LogP contribution is -2.03. The van der Waals surface area contributed by atoms with Gasteiger partial charge in [-0.1, -0.05) is 31.5 Å². The lowest BCUT2D eigenvalue weighted by molar-refractivity contribution is -0.140. The van der Waals surface area contributed by atoms with Crippen molar-refractivity contribution >= 4 is 5.97 Å². The van der Waals surface area contributed by atoms with Crippen molar-refractivity contribution in [3.63, 3.8) is 0 Å². The van der Waals surface area contributed by atoms with E-state index in [4.69, 9.17) is 10.2 Å². The summed E-state index contributed by atoms with van der Waals surface area (Å²) in [6.07, 6.45) is 0. The van der Waals surface area contributed by atoms with Gasteiger partial charge in [0.15, 0.2) is 0 Å². The molecule has 0 atom stereocenters. The van der Waals surface area contributed by atoms with Gasteiger partial charge in [-0.05, 0) is 19.1 Å². The zero-order valence-corrected chi connectivity index (χ0v) is 8.69. The van der Waals surface area contributed by atoms with Crippen molar-refractivity contribution in [1.82, 2.24) is 0 Å². The van der Waals surface area contributed by atoms with Crippen LogP contribution in [-0.2, 0) is 4.79 Å². The van der Waals surface area contributed by atoms with Crippen LogP contribution in [0.25, 0.3) is 0 Å². The number of phenolic OH excluding ortho intramolecular Hbond substituents is 1. The summed E-state index contributed by atoms with van der Waals surface area (Å²) < 4.78 is 0. The maximum atomic E-state index is 9.70. The van der Waals surface area contributed by atoms with Crippen molar-refractivity contribution < 1.29 is 15.0 Å². The minimum atomic E-state index is -0.741. The van der Waals surface area contributed by atoms with E-state index in [-0.39, 0.29) is 5.92 Å². The number of carboxylic acid groups (broad SMARTS) is 1. The molecule has 0 aliphatic rings. The third-order valence-corrected chi connectivity index (χ3v) is 1.53. The maximum Gasteiger partial charge on any atom is 0.305 e. The van der Waals surface area contributed by atoms with Crippen LogP contribution in [0.2, 0.25) is 0 Å². The van der Waals surface area contributed by atoms with Gasteiger partial charge >= 0.3 is 5.97 Å². The largest absolute Gasteiger partial charge is 0.508 e. The zero-order chi connectivity index (χ0) is 11.1.